The third kappa shape index (κ3) is 4.81. The van der Waals surface area contributed by atoms with Gasteiger partial charge in [0.1, 0.15) is 0 Å². The Labute approximate surface area is 123 Å². The van der Waals surface area contributed by atoms with Crippen LogP contribution >= 0.6 is 11.6 Å². The Kier molecular flexibility index (Phi) is 6.88. The first-order valence-corrected chi connectivity index (χ1v) is 7.84. The first kappa shape index (κ1) is 16.5. The number of benzene rings is 1. The molecule has 0 spiro atoms. The maximum Gasteiger partial charge on any atom is 0.0440 e. The molecule has 1 atom stereocenters. The van der Waals surface area contributed by atoms with Crippen LogP contribution in [0.15, 0.2) is 18.2 Å². The average Bonchev–Trinajstić information content (AvgIpc) is 2.39. The highest BCUT2D eigenvalue weighted by Crippen LogP contribution is 2.34. The second-order valence-electron chi connectivity index (χ2n) is 5.76. The van der Waals surface area contributed by atoms with Crippen LogP contribution in [0.5, 0.6) is 0 Å². The molecule has 108 valence electrons. The molecule has 2 heteroatoms. The standard InChI is InChI=1S/C17H28ClN/c1-5-7-10-17(6-2,13-19-4)12-15-9-8-14(3)11-16(15)18/h8-9,11,19H,5-7,10,12-13H2,1-4H3. The average molecular weight is 282 g/mol. The molecule has 0 aliphatic heterocycles. The van der Waals surface area contributed by atoms with Gasteiger partial charge in [-0.15, -0.1) is 0 Å². The number of hydrogen-bond donors (Lipinski definition) is 1. The van der Waals surface area contributed by atoms with Crippen molar-refractivity contribution in [1.82, 2.24) is 5.32 Å². The number of aryl methyl sites for hydroxylation is 1. The van der Waals surface area contributed by atoms with E-state index in [1.807, 2.05) is 7.05 Å². The van der Waals surface area contributed by atoms with Crippen molar-refractivity contribution in [2.24, 2.45) is 5.41 Å². The lowest BCUT2D eigenvalue weighted by atomic mass is 9.75. The Bertz CT molecular complexity index is 389. The van der Waals surface area contributed by atoms with E-state index in [-0.39, 0.29) is 0 Å². The maximum absolute atomic E-state index is 6.41. The van der Waals surface area contributed by atoms with Crippen molar-refractivity contribution >= 4 is 11.6 Å². The van der Waals surface area contributed by atoms with E-state index in [4.69, 9.17) is 11.6 Å². The molecule has 1 aromatic carbocycles. The zero-order chi connectivity index (χ0) is 14.3. The van der Waals surface area contributed by atoms with Crippen molar-refractivity contribution in [1.29, 1.82) is 0 Å². The van der Waals surface area contributed by atoms with Crippen LogP contribution < -0.4 is 5.32 Å². The SMILES string of the molecule is CCCCC(CC)(CNC)Cc1ccc(C)cc1Cl. The van der Waals surface area contributed by atoms with E-state index in [2.05, 4.69) is 44.3 Å². The van der Waals surface area contributed by atoms with Crippen molar-refractivity contribution in [3.63, 3.8) is 0 Å². The largest absolute Gasteiger partial charge is 0.319 e. The molecule has 0 amide bonds. The Hall–Kier alpha value is -0.530. The molecule has 0 aliphatic carbocycles. The van der Waals surface area contributed by atoms with Crippen LogP contribution in [0.2, 0.25) is 5.02 Å². The quantitative estimate of drug-likeness (QED) is 0.707. The number of hydrogen-bond acceptors (Lipinski definition) is 1. The monoisotopic (exact) mass is 281 g/mol. The molecule has 0 saturated heterocycles. The molecule has 1 aromatic rings. The Morgan fingerprint density at radius 1 is 1.26 bits per heavy atom. The topological polar surface area (TPSA) is 12.0 Å². The van der Waals surface area contributed by atoms with E-state index in [9.17, 15) is 0 Å². The van der Waals surface area contributed by atoms with Gasteiger partial charge in [-0.25, -0.2) is 0 Å². The van der Waals surface area contributed by atoms with Crippen molar-refractivity contribution < 1.29 is 0 Å². The molecule has 1 rings (SSSR count). The second kappa shape index (κ2) is 7.91. The predicted octanol–water partition coefficient (Wildman–Crippen LogP) is 5.00. The predicted molar refractivity (Wildman–Crippen MR) is 86.1 cm³/mol. The summed E-state index contributed by atoms with van der Waals surface area (Å²) in [6.45, 7) is 7.72. The highest BCUT2D eigenvalue weighted by atomic mass is 35.5. The summed E-state index contributed by atoms with van der Waals surface area (Å²) < 4.78 is 0. The number of unbranched alkanes of at least 4 members (excludes halogenated alkanes) is 1. The van der Waals surface area contributed by atoms with Crippen LogP contribution in [0.25, 0.3) is 0 Å². The molecule has 1 N–H and O–H groups in total. The summed E-state index contributed by atoms with van der Waals surface area (Å²) in [6, 6.07) is 6.45. The lowest BCUT2D eigenvalue weighted by molar-refractivity contribution is 0.235. The molecule has 1 nitrogen and oxygen atoms in total. The van der Waals surface area contributed by atoms with Gasteiger partial charge in [-0.1, -0.05) is 50.4 Å². The Balaban J connectivity index is 2.91. The third-order valence-electron chi connectivity index (χ3n) is 4.14. The molecule has 0 radical (unpaired) electrons. The van der Waals surface area contributed by atoms with Crippen LogP contribution in [-0.2, 0) is 6.42 Å². The van der Waals surface area contributed by atoms with Gasteiger partial charge < -0.3 is 5.32 Å². The molecular weight excluding hydrogens is 254 g/mol. The van der Waals surface area contributed by atoms with Gasteiger partial charge in [0.05, 0.1) is 0 Å². The molecule has 19 heavy (non-hydrogen) atoms. The van der Waals surface area contributed by atoms with Crippen molar-refractivity contribution in [2.45, 2.75) is 52.9 Å². The van der Waals surface area contributed by atoms with Gasteiger partial charge in [-0.05, 0) is 55.8 Å². The number of halogens is 1. The second-order valence-corrected chi connectivity index (χ2v) is 6.17. The number of nitrogens with one attached hydrogen (secondary N) is 1. The minimum absolute atomic E-state index is 0.337. The summed E-state index contributed by atoms with van der Waals surface area (Å²) in [6.07, 6.45) is 6.08. The molecule has 0 aromatic heterocycles. The van der Waals surface area contributed by atoms with E-state index in [1.165, 1.54) is 36.8 Å². The molecular formula is C17H28ClN. The van der Waals surface area contributed by atoms with Crippen molar-refractivity contribution in [2.75, 3.05) is 13.6 Å². The smallest absolute Gasteiger partial charge is 0.0440 e. The molecule has 1 unspecified atom stereocenters. The fourth-order valence-electron chi connectivity index (χ4n) is 2.79. The van der Waals surface area contributed by atoms with E-state index in [0.29, 0.717) is 5.41 Å². The number of rotatable bonds is 8. The minimum atomic E-state index is 0.337. The summed E-state index contributed by atoms with van der Waals surface area (Å²) in [5.41, 5.74) is 2.86. The lowest BCUT2D eigenvalue weighted by Crippen LogP contribution is -2.34. The zero-order valence-corrected chi connectivity index (χ0v) is 13.6. The van der Waals surface area contributed by atoms with Crippen molar-refractivity contribution in [3.8, 4) is 0 Å². The van der Waals surface area contributed by atoms with Gasteiger partial charge in [-0.3, -0.25) is 0 Å². The van der Waals surface area contributed by atoms with Crippen LogP contribution in [0.3, 0.4) is 0 Å². The summed E-state index contributed by atoms with van der Waals surface area (Å²) in [5, 5.41) is 4.30. The summed E-state index contributed by atoms with van der Waals surface area (Å²) in [5.74, 6) is 0. The van der Waals surface area contributed by atoms with Crippen LogP contribution in [-0.4, -0.2) is 13.6 Å². The molecule has 0 bridgehead atoms. The molecule has 0 heterocycles. The van der Waals surface area contributed by atoms with Gasteiger partial charge >= 0.3 is 0 Å². The summed E-state index contributed by atoms with van der Waals surface area (Å²) in [4.78, 5) is 0. The van der Waals surface area contributed by atoms with E-state index >= 15 is 0 Å². The minimum Gasteiger partial charge on any atom is -0.319 e. The van der Waals surface area contributed by atoms with Crippen LogP contribution in [0, 0.1) is 12.3 Å². The molecule has 0 saturated carbocycles. The molecule has 0 fully saturated rings. The van der Waals surface area contributed by atoms with Gasteiger partial charge in [0.2, 0.25) is 0 Å². The fourth-order valence-corrected chi connectivity index (χ4v) is 3.09. The van der Waals surface area contributed by atoms with Gasteiger partial charge in [0, 0.05) is 11.6 Å². The van der Waals surface area contributed by atoms with Gasteiger partial charge in [-0.2, -0.15) is 0 Å². The van der Waals surface area contributed by atoms with E-state index in [1.54, 1.807) is 0 Å². The normalized spacial score (nSPS) is 14.4. The highest BCUT2D eigenvalue weighted by molar-refractivity contribution is 6.31. The third-order valence-corrected chi connectivity index (χ3v) is 4.49. The van der Waals surface area contributed by atoms with Gasteiger partial charge in [0.25, 0.3) is 0 Å². The van der Waals surface area contributed by atoms with Crippen molar-refractivity contribution in [3.05, 3.63) is 34.3 Å². The Morgan fingerprint density at radius 3 is 2.53 bits per heavy atom. The van der Waals surface area contributed by atoms with Crippen LogP contribution in [0.1, 0.15) is 50.7 Å². The fraction of sp³-hybridized carbons (Fsp3) is 0.647. The maximum atomic E-state index is 6.41. The van der Waals surface area contributed by atoms with E-state index < -0.39 is 0 Å². The van der Waals surface area contributed by atoms with Gasteiger partial charge in [0.15, 0.2) is 0 Å². The van der Waals surface area contributed by atoms with E-state index in [0.717, 1.165) is 18.0 Å². The Morgan fingerprint density at radius 2 is 2.00 bits per heavy atom. The molecule has 0 aliphatic rings. The first-order chi connectivity index (χ1) is 9.06. The first-order valence-electron chi connectivity index (χ1n) is 7.46. The van der Waals surface area contributed by atoms with Crippen LogP contribution in [0.4, 0.5) is 0 Å². The highest BCUT2D eigenvalue weighted by Gasteiger charge is 2.27. The summed E-state index contributed by atoms with van der Waals surface area (Å²) >= 11 is 6.41. The lowest BCUT2D eigenvalue weighted by Gasteiger charge is -2.33. The zero-order valence-electron chi connectivity index (χ0n) is 12.9. The summed E-state index contributed by atoms with van der Waals surface area (Å²) in [7, 11) is 2.05.